The number of nitrogens with one attached hydrogen (secondary N) is 3. The van der Waals surface area contributed by atoms with Crippen LogP contribution in [0.4, 0.5) is 16.2 Å². The highest BCUT2D eigenvalue weighted by Crippen LogP contribution is 2.22. The van der Waals surface area contributed by atoms with Crippen LogP contribution >= 0.6 is 11.3 Å². The molecule has 28 heavy (non-hydrogen) atoms. The molecule has 1 aliphatic heterocycles. The van der Waals surface area contributed by atoms with Crippen LogP contribution in [-0.2, 0) is 11.3 Å². The molecule has 0 bridgehead atoms. The number of carbonyl (C=O) groups is 2. The lowest BCUT2D eigenvalue weighted by Crippen LogP contribution is -2.37. The van der Waals surface area contributed by atoms with Crippen LogP contribution in [0.3, 0.4) is 0 Å². The monoisotopic (exact) mass is 401 g/mol. The van der Waals surface area contributed by atoms with E-state index in [0.717, 1.165) is 43.2 Å². The van der Waals surface area contributed by atoms with E-state index in [9.17, 15) is 9.59 Å². The normalized spacial score (nSPS) is 15.2. The molecule has 1 aromatic carbocycles. The second-order valence-electron chi connectivity index (χ2n) is 6.96. The van der Waals surface area contributed by atoms with Gasteiger partial charge in [0.15, 0.2) is 0 Å². The molecule has 150 valence electrons. The van der Waals surface area contributed by atoms with Gasteiger partial charge in [-0.1, -0.05) is 6.07 Å². The smallest absolute Gasteiger partial charge is 0.319 e. The van der Waals surface area contributed by atoms with Crippen LogP contribution in [0.2, 0.25) is 0 Å². The summed E-state index contributed by atoms with van der Waals surface area (Å²) >= 11 is 1.67. The highest BCUT2D eigenvalue weighted by atomic mass is 32.1. The number of hydrogen-bond donors (Lipinski definition) is 3. The number of urea groups is 1. The topological polar surface area (TPSA) is 86.4 Å². The first-order valence-electron chi connectivity index (χ1n) is 9.62. The molecule has 1 aliphatic rings. The van der Waals surface area contributed by atoms with E-state index in [1.54, 1.807) is 23.5 Å². The summed E-state index contributed by atoms with van der Waals surface area (Å²) in [5, 5.41) is 11.6. The number of anilines is 2. The third kappa shape index (κ3) is 5.77. The first-order valence-corrected chi connectivity index (χ1v) is 10.5. The predicted molar refractivity (Wildman–Crippen MR) is 113 cm³/mol. The van der Waals surface area contributed by atoms with E-state index in [4.69, 9.17) is 0 Å². The third-order valence-electron chi connectivity index (χ3n) is 4.74. The van der Waals surface area contributed by atoms with Gasteiger partial charge in [-0.05, 0) is 58.0 Å². The minimum Gasteiger partial charge on any atom is -0.338 e. The van der Waals surface area contributed by atoms with Crippen molar-refractivity contribution in [2.24, 2.45) is 5.92 Å². The van der Waals surface area contributed by atoms with Crippen molar-refractivity contribution in [3.8, 4) is 0 Å². The Bertz CT molecular complexity index is 814. The summed E-state index contributed by atoms with van der Waals surface area (Å²) in [6, 6.07) is 6.96. The molecule has 3 amide bonds. The molecule has 2 aromatic rings. The minimum absolute atomic E-state index is 0.00780. The zero-order valence-corrected chi connectivity index (χ0v) is 17.1. The Morgan fingerprint density at radius 1 is 1.21 bits per heavy atom. The number of amides is 3. The molecule has 3 N–H and O–H groups in total. The molecule has 0 unspecified atom stereocenters. The van der Waals surface area contributed by atoms with Gasteiger partial charge < -0.3 is 16.0 Å². The lowest BCUT2D eigenvalue weighted by atomic mass is 9.95. The summed E-state index contributed by atoms with van der Waals surface area (Å²) in [6.07, 6.45) is 1.68. The Kier molecular flexibility index (Phi) is 7.00. The van der Waals surface area contributed by atoms with Crippen LogP contribution in [0, 0.1) is 12.8 Å². The number of aromatic nitrogens is 1. The van der Waals surface area contributed by atoms with E-state index in [0.29, 0.717) is 17.9 Å². The third-order valence-corrected chi connectivity index (χ3v) is 5.56. The maximum absolute atomic E-state index is 12.6. The summed E-state index contributed by atoms with van der Waals surface area (Å²) in [7, 11) is 0. The van der Waals surface area contributed by atoms with Crippen LogP contribution in [0.15, 0.2) is 29.6 Å². The maximum Gasteiger partial charge on any atom is 0.319 e. The molecule has 8 heteroatoms. The molecule has 1 saturated heterocycles. The zero-order chi connectivity index (χ0) is 19.9. The fraction of sp³-hybridized carbons (Fsp3) is 0.450. The molecule has 0 aliphatic carbocycles. The fourth-order valence-electron chi connectivity index (χ4n) is 3.32. The van der Waals surface area contributed by atoms with Gasteiger partial charge in [0, 0.05) is 35.8 Å². The molecule has 1 fully saturated rings. The second-order valence-corrected chi connectivity index (χ2v) is 8.03. The number of rotatable bonds is 6. The van der Waals surface area contributed by atoms with Gasteiger partial charge in [0.1, 0.15) is 0 Å². The fourth-order valence-corrected chi connectivity index (χ4v) is 3.92. The van der Waals surface area contributed by atoms with Gasteiger partial charge >= 0.3 is 6.03 Å². The van der Waals surface area contributed by atoms with E-state index in [2.05, 4.69) is 31.2 Å². The second kappa shape index (κ2) is 9.66. The molecular weight excluding hydrogens is 374 g/mol. The van der Waals surface area contributed by atoms with Crippen molar-refractivity contribution in [2.45, 2.75) is 33.2 Å². The number of aryl methyl sites for hydroxylation is 1. The summed E-state index contributed by atoms with van der Waals surface area (Å²) in [6.45, 7) is 7.08. The standard InChI is InChI=1S/C20H27N5O2S/c1-3-21-20(27)24-17-6-4-5-16(11-17)23-19(26)15-7-9-25(10-8-15)12-18-13-28-14(2)22-18/h4-6,11,13,15H,3,7-10,12H2,1-2H3,(H,23,26)(H2,21,24,27). The van der Waals surface area contributed by atoms with Gasteiger partial charge in [-0.3, -0.25) is 9.69 Å². The highest BCUT2D eigenvalue weighted by Gasteiger charge is 2.25. The van der Waals surface area contributed by atoms with Gasteiger partial charge in [0.2, 0.25) is 5.91 Å². The molecule has 3 rings (SSSR count). The van der Waals surface area contributed by atoms with Crippen molar-refractivity contribution in [2.75, 3.05) is 30.3 Å². The Morgan fingerprint density at radius 2 is 1.93 bits per heavy atom. The van der Waals surface area contributed by atoms with Gasteiger partial charge in [0.05, 0.1) is 10.7 Å². The lowest BCUT2D eigenvalue weighted by Gasteiger charge is -2.30. The molecule has 0 spiro atoms. The molecule has 1 aromatic heterocycles. The largest absolute Gasteiger partial charge is 0.338 e. The number of nitrogens with zero attached hydrogens (tertiary/aromatic N) is 2. The Hall–Kier alpha value is -2.45. The maximum atomic E-state index is 12.6. The molecule has 7 nitrogen and oxygen atoms in total. The van der Waals surface area contributed by atoms with Crippen molar-refractivity contribution < 1.29 is 9.59 Å². The van der Waals surface area contributed by atoms with Gasteiger partial charge in [-0.25, -0.2) is 9.78 Å². The number of piperidine rings is 1. The van der Waals surface area contributed by atoms with E-state index >= 15 is 0 Å². The van der Waals surface area contributed by atoms with Crippen LogP contribution in [0.25, 0.3) is 0 Å². The molecule has 2 heterocycles. The number of thiazole rings is 1. The predicted octanol–water partition coefficient (Wildman–Crippen LogP) is 3.44. The number of likely N-dealkylation sites (tertiary alicyclic amines) is 1. The van der Waals surface area contributed by atoms with Crippen molar-refractivity contribution in [3.05, 3.63) is 40.3 Å². The summed E-state index contributed by atoms with van der Waals surface area (Å²) in [4.78, 5) is 31.1. The van der Waals surface area contributed by atoms with Crippen molar-refractivity contribution in [1.82, 2.24) is 15.2 Å². The van der Waals surface area contributed by atoms with Crippen molar-refractivity contribution >= 4 is 34.6 Å². The SMILES string of the molecule is CCNC(=O)Nc1cccc(NC(=O)C2CCN(Cc3csc(C)n3)CC2)c1. The van der Waals surface area contributed by atoms with Crippen LogP contribution in [0.1, 0.15) is 30.5 Å². The molecule has 0 radical (unpaired) electrons. The van der Waals surface area contributed by atoms with E-state index in [1.165, 1.54) is 0 Å². The van der Waals surface area contributed by atoms with Crippen LogP contribution in [0.5, 0.6) is 0 Å². The molecule has 0 saturated carbocycles. The Morgan fingerprint density at radius 3 is 2.57 bits per heavy atom. The average Bonchev–Trinajstić information content (AvgIpc) is 3.07. The summed E-state index contributed by atoms with van der Waals surface area (Å²) < 4.78 is 0. The number of benzene rings is 1. The Labute approximate surface area is 169 Å². The van der Waals surface area contributed by atoms with Crippen LogP contribution < -0.4 is 16.0 Å². The van der Waals surface area contributed by atoms with Gasteiger partial charge in [-0.2, -0.15) is 0 Å². The summed E-state index contributed by atoms with van der Waals surface area (Å²) in [5.41, 5.74) is 2.46. The minimum atomic E-state index is -0.256. The first kappa shape index (κ1) is 20.3. The number of hydrogen-bond acceptors (Lipinski definition) is 5. The Balaban J connectivity index is 1.48. The molecule has 0 atom stereocenters. The van der Waals surface area contributed by atoms with E-state index in [1.807, 2.05) is 26.0 Å². The quantitative estimate of drug-likeness (QED) is 0.692. The molecular formula is C20H27N5O2S. The average molecular weight is 402 g/mol. The number of carbonyl (C=O) groups excluding carboxylic acids is 2. The zero-order valence-electron chi connectivity index (χ0n) is 16.3. The van der Waals surface area contributed by atoms with Gasteiger partial charge in [0.25, 0.3) is 0 Å². The van der Waals surface area contributed by atoms with E-state index in [-0.39, 0.29) is 17.9 Å². The highest BCUT2D eigenvalue weighted by molar-refractivity contribution is 7.09. The lowest BCUT2D eigenvalue weighted by molar-refractivity contribution is -0.121. The summed E-state index contributed by atoms with van der Waals surface area (Å²) in [5.74, 6) is 0.0488. The first-order chi connectivity index (χ1) is 13.5. The van der Waals surface area contributed by atoms with Crippen molar-refractivity contribution in [1.29, 1.82) is 0 Å². The van der Waals surface area contributed by atoms with Gasteiger partial charge in [-0.15, -0.1) is 11.3 Å². The van der Waals surface area contributed by atoms with Crippen molar-refractivity contribution in [3.63, 3.8) is 0 Å². The van der Waals surface area contributed by atoms with E-state index < -0.39 is 0 Å². The van der Waals surface area contributed by atoms with Crippen LogP contribution in [-0.4, -0.2) is 41.5 Å².